The molecule has 0 unspecified atom stereocenters. The fourth-order valence-corrected chi connectivity index (χ4v) is 4.13. The van der Waals surface area contributed by atoms with E-state index >= 15 is 0 Å². The highest BCUT2D eigenvalue weighted by atomic mass is 32.2. The summed E-state index contributed by atoms with van der Waals surface area (Å²) < 4.78 is 28.3. The van der Waals surface area contributed by atoms with Gasteiger partial charge in [0.05, 0.1) is 4.90 Å². The Hall–Kier alpha value is -2.37. The number of sulfonamides is 1. The highest BCUT2D eigenvalue weighted by molar-refractivity contribution is 7.89. The van der Waals surface area contributed by atoms with Crippen molar-refractivity contribution in [2.75, 3.05) is 5.73 Å². The van der Waals surface area contributed by atoms with E-state index in [4.69, 9.17) is 5.73 Å². The van der Waals surface area contributed by atoms with Crippen LogP contribution in [-0.2, 0) is 22.0 Å². The third kappa shape index (κ3) is 3.89. The summed E-state index contributed by atoms with van der Waals surface area (Å²) in [5, 5.41) is 1.47. The number of nitrogens with two attached hydrogens (primary N) is 1. The largest absolute Gasteiger partial charge is 0.399 e. The van der Waals surface area contributed by atoms with Crippen molar-refractivity contribution in [1.82, 2.24) is 4.72 Å². The van der Waals surface area contributed by atoms with Gasteiger partial charge in [0, 0.05) is 17.6 Å². The molecule has 0 fully saturated rings. The van der Waals surface area contributed by atoms with Crippen LogP contribution in [0.1, 0.15) is 31.9 Å². The maximum absolute atomic E-state index is 12.8. The summed E-state index contributed by atoms with van der Waals surface area (Å²) in [6.07, 6.45) is 0. The summed E-state index contributed by atoms with van der Waals surface area (Å²) in [5.74, 6) is 0. The van der Waals surface area contributed by atoms with Crippen LogP contribution < -0.4 is 10.5 Å². The summed E-state index contributed by atoms with van der Waals surface area (Å²) in [7, 11) is -3.63. The van der Waals surface area contributed by atoms with Gasteiger partial charge in [-0.3, -0.25) is 0 Å². The first-order valence-electron chi connectivity index (χ1n) is 8.54. The molecule has 26 heavy (non-hydrogen) atoms. The molecule has 3 N–H and O–H groups in total. The van der Waals surface area contributed by atoms with Crippen LogP contribution >= 0.6 is 0 Å². The summed E-state index contributed by atoms with van der Waals surface area (Å²) in [6.45, 7) is 6.70. The van der Waals surface area contributed by atoms with Crippen LogP contribution in [0.25, 0.3) is 10.8 Å². The van der Waals surface area contributed by atoms with Gasteiger partial charge in [-0.15, -0.1) is 0 Å². The fourth-order valence-electron chi connectivity index (χ4n) is 2.89. The van der Waals surface area contributed by atoms with Crippen molar-refractivity contribution in [2.45, 2.75) is 37.6 Å². The Labute approximate surface area is 155 Å². The summed E-state index contributed by atoms with van der Waals surface area (Å²) >= 11 is 0. The third-order valence-electron chi connectivity index (χ3n) is 4.44. The average Bonchev–Trinajstić information content (AvgIpc) is 2.59. The predicted octanol–water partition coefficient (Wildman–Crippen LogP) is 4.20. The van der Waals surface area contributed by atoms with Crippen molar-refractivity contribution in [3.63, 3.8) is 0 Å². The highest BCUT2D eigenvalue weighted by Gasteiger charge is 2.17. The van der Waals surface area contributed by atoms with E-state index in [1.54, 1.807) is 30.3 Å². The summed E-state index contributed by atoms with van der Waals surface area (Å²) in [5.41, 5.74) is 8.62. The molecule has 0 bridgehead atoms. The number of rotatable bonds is 4. The molecule has 0 aliphatic heterocycles. The van der Waals surface area contributed by atoms with Crippen LogP contribution in [-0.4, -0.2) is 8.42 Å². The molecule has 136 valence electrons. The zero-order chi connectivity index (χ0) is 18.9. The molecule has 0 saturated carbocycles. The van der Waals surface area contributed by atoms with Gasteiger partial charge >= 0.3 is 0 Å². The SMILES string of the molecule is CC(C)(C)c1ccc(CNS(=O)(=O)c2cccc3cc(N)ccc23)cc1. The second-order valence-corrected chi connectivity index (χ2v) is 9.24. The summed E-state index contributed by atoms with van der Waals surface area (Å²) in [4.78, 5) is 0.265. The maximum atomic E-state index is 12.8. The van der Waals surface area contributed by atoms with Crippen LogP contribution in [0.4, 0.5) is 5.69 Å². The third-order valence-corrected chi connectivity index (χ3v) is 5.90. The number of hydrogen-bond donors (Lipinski definition) is 2. The Balaban J connectivity index is 1.84. The van der Waals surface area contributed by atoms with Crippen LogP contribution in [0, 0.1) is 0 Å². The minimum Gasteiger partial charge on any atom is -0.399 e. The molecular formula is C21H24N2O2S. The van der Waals surface area contributed by atoms with E-state index < -0.39 is 10.0 Å². The smallest absolute Gasteiger partial charge is 0.241 e. The van der Waals surface area contributed by atoms with Gasteiger partial charge in [-0.25, -0.2) is 13.1 Å². The molecule has 4 nitrogen and oxygen atoms in total. The fraction of sp³-hybridized carbons (Fsp3) is 0.238. The molecule has 0 atom stereocenters. The first kappa shape index (κ1) is 18.4. The Bertz CT molecular complexity index is 1030. The highest BCUT2D eigenvalue weighted by Crippen LogP contribution is 2.25. The van der Waals surface area contributed by atoms with Gasteiger partial charge in [0.25, 0.3) is 0 Å². The minimum atomic E-state index is -3.63. The lowest BCUT2D eigenvalue weighted by molar-refractivity contribution is 0.581. The zero-order valence-corrected chi connectivity index (χ0v) is 16.1. The van der Waals surface area contributed by atoms with E-state index in [2.05, 4.69) is 25.5 Å². The van der Waals surface area contributed by atoms with Gasteiger partial charge in [0.2, 0.25) is 10.0 Å². The van der Waals surface area contributed by atoms with E-state index in [0.717, 1.165) is 10.9 Å². The van der Waals surface area contributed by atoms with Crippen molar-refractivity contribution in [1.29, 1.82) is 0 Å². The second kappa shape index (κ2) is 6.74. The number of nitrogens with one attached hydrogen (secondary N) is 1. The van der Waals surface area contributed by atoms with Gasteiger partial charge in [-0.1, -0.05) is 63.2 Å². The summed E-state index contributed by atoms with van der Waals surface area (Å²) in [6, 6.07) is 18.5. The number of benzene rings is 3. The Kier molecular flexibility index (Phi) is 4.78. The van der Waals surface area contributed by atoms with Gasteiger partial charge in [0.1, 0.15) is 0 Å². The molecule has 0 spiro atoms. The van der Waals surface area contributed by atoms with Crippen molar-refractivity contribution >= 4 is 26.5 Å². The van der Waals surface area contributed by atoms with E-state index in [1.165, 1.54) is 5.56 Å². The molecule has 0 heterocycles. The van der Waals surface area contributed by atoms with E-state index in [-0.39, 0.29) is 16.9 Å². The lowest BCUT2D eigenvalue weighted by Crippen LogP contribution is -2.23. The van der Waals surface area contributed by atoms with Crippen LogP contribution in [0.2, 0.25) is 0 Å². The Morgan fingerprint density at radius 1 is 0.962 bits per heavy atom. The van der Waals surface area contributed by atoms with E-state index in [9.17, 15) is 8.42 Å². The molecule has 0 aliphatic carbocycles. The van der Waals surface area contributed by atoms with E-state index in [1.807, 2.05) is 30.3 Å². The normalized spacial score (nSPS) is 12.4. The second-order valence-electron chi connectivity index (χ2n) is 7.51. The topological polar surface area (TPSA) is 72.2 Å². The lowest BCUT2D eigenvalue weighted by Gasteiger charge is -2.19. The number of fused-ring (bicyclic) bond motifs is 1. The quantitative estimate of drug-likeness (QED) is 0.678. The Morgan fingerprint density at radius 2 is 1.65 bits per heavy atom. The van der Waals surface area contributed by atoms with Crippen LogP contribution in [0.15, 0.2) is 65.6 Å². The molecule has 0 amide bonds. The number of nitrogen functional groups attached to an aromatic ring is 1. The molecule has 3 aromatic rings. The molecule has 0 aliphatic rings. The molecule has 3 rings (SSSR count). The molecular weight excluding hydrogens is 344 g/mol. The zero-order valence-electron chi connectivity index (χ0n) is 15.3. The first-order valence-corrected chi connectivity index (χ1v) is 10.0. The molecule has 5 heteroatoms. The number of anilines is 1. The maximum Gasteiger partial charge on any atom is 0.241 e. The standard InChI is InChI=1S/C21H24N2O2S/c1-21(2,3)17-9-7-15(8-10-17)14-23-26(24,25)20-6-4-5-16-13-18(22)11-12-19(16)20/h4-13,23H,14,22H2,1-3H3. The molecule has 3 aromatic carbocycles. The average molecular weight is 369 g/mol. The predicted molar refractivity (Wildman–Crippen MR) is 108 cm³/mol. The molecule has 0 aromatic heterocycles. The van der Waals surface area contributed by atoms with Crippen LogP contribution in [0.5, 0.6) is 0 Å². The molecule has 0 saturated heterocycles. The number of hydrogen-bond acceptors (Lipinski definition) is 3. The van der Waals surface area contributed by atoms with Crippen molar-refractivity contribution in [3.8, 4) is 0 Å². The van der Waals surface area contributed by atoms with Crippen molar-refractivity contribution in [3.05, 3.63) is 71.8 Å². The molecule has 0 radical (unpaired) electrons. The van der Waals surface area contributed by atoms with Crippen LogP contribution in [0.3, 0.4) is 0 Å². The monoisotopic (exact) mass is 368 g/mol. The van der Waals surface area contributed by atoms with Crippen molar-refractivity contribution < 1.29 is 8.42 Å². The lowest BCUT2D eigenvalue weighted by atomic mass is 9.87. The van der Waals surface area contributed by atoms with Gasteiger partial charge < -0.3 is 5.73 Å². The Morgan fingerprint density at radius 3 is 2.31 bits per heavy atom. The minimum absolute atomic E-state index is 0.0723. The van der Waals surface area contributed by atoms with Crippen molar-refractivity contribution in [2.24, 2.45) is 0 Å². The van der Waals surface area contributed by atoms with Gasteiger partial charge in [0.15, 0.2) is 0 Å². The van der Waals surface area contributed by atoms with Gasteiger partial charge in [-0.2, -0.15) is 0 Å². The van der Waals surface area contributed by atoms with Gasteiger partial charge in [-0.05, 0) is 40.1 Å². The van der Waals surface area contributed by atoms with E-state index in [0.29, 0.717) is 11.1 Å². The first-order chi connectivity index (χ1) is 12.2.